The smallest absolute Gasteiger partial charge is 0.137 e. The fourth-order valence-electron chi connectivity index (χ4n) is 6.94. The van der Waals surface area contributed by atoms with Crippen LogP contribution < -0.4 is 0 Å². The summed E-state index contributed by atoms with van der Waals surface area (Å²) in [5.74, 6) is 0. The van der Waals surface area contributed by atoms with Crippen LogP contribution in [0.1, 0.15) is 218 Å². The zero-order valence-corrected chi connectivity index (χ0v) is 31.9. The first-order chi connectivity index (χ1) is 22.6. The van der Waals surface area contributed by atoms with Crippen molar-refractivity contribution in [1.82, 2.24) is 0 Å². The van der Waals surface area contributed by atoms with Crippen molar-refractivity contribution in [3.05, 3.63) is 60.3 Å². The lowest BCUT2D eigenvalue weighted by Gasteiger charge is -2.33. The van der Waals surface area contributed by atoms with Crippen LogP contribution in [0, 0.1) is 0 Å². The highest BCUT2D eigenvalue weighted by Gasteiger charge is 2.25. The van der Waals surface area contributed by atoms with Crippen LogP contribution in [-0.2, 0) is 0 Å². The maximum atomic E-state index is 2.49. The summed E-state index contributed by atoms with van der Waals surface area (Å²) in [6.45, 7) is 4.61. The zero-order valence-electron chi connectivity index (χ0n) is 31.9. The van der Waals surface area contributed by atoms with Crippen LogP contribution in [0.2, 0.25) is 0 Å². The number of hydrogen-bond donors (Lipinski definition) is 0. The van der Waals surface area contributed by atoms with Crippen LogP contribution in [0.5, 0.6) is 0 Å². The molecular weight excluding hydrogens is 555 g/mol. The van der Waals surface area contributed by atoms with Gasteiger partial charge in [-0.05, 0) is 37.8 Å². The molecule has 1 atom stereocenters. The minimum atomic E-state index is 0.375. The Morgan fingerprint density at radius 3 is 1.13 bits per heavy atom. The Balaban J connectivity index is 2.18. The van der Waals surface area contributed by atoms with Gasteiger partial charge in [0, 0.05) is 5.56 Å². The summed E-state index contributed by atoms with van der Waals surface area (Å²) in [5, 5.41) is 0. The first kappa shape index (κ1) is 42.7. The minimum Gasteiger partial charge on any atom is -0.293 e. The summed E-state index contributed by atoms with van der Waals surface area (Å²) < 4.78 is 0.887. The summed E-state index contributed by atoms with van der Waals surface area (Å²) >= 11 is 0. The molecule has 0 amide bonds. The van der Waals surface area contributed by atoms with Gasteiger partial charge in [0.15, 0.2) is 0 Å². The molecule has 1 aromatic carbocycles. The molecule has 1 aromatic rings. The van der Waals surface area contributed by atoms with Crippen LogP contribution in [-0.4, -0.2) is 18.6 Å². The molecule has 0 aliphatic carbocycles. The molecule has 46 heavy (non-hydrogen) atoms. The Kier molecular flexibility index (Phi) is 29.9. The molecule has 0 heterocycles. The van der Waals surface area contributed by atoms with Gasteiger partial charge in [0.05, 0.1) is 20.3 Å². The van der Waals surface area contributed by atoms with E-state index in [1.165, 1.54) is 198 Å². The van der Waals surface area contributed by atoms with Crippen LogP contribution in [0.15, 0.2) is 54.8 Å². The van der Waals surface area contributed by atoms with Crippen molar-refractivity contribution in [3.8, 4) is 0 Å². The standard InChI is InChI=1S/C45H82N/c1-5-7-9-11-13-15-17-19-21-23-25-27-29-31-33-38-42-45(44-40-36-35-37-41-44)46(3,4)43-39-34-32-30-28-26-24-22-20-18-16-14-12-10-8-6-2/h35-43,45H,5-34H2,1-4H3/q+1. The largest absolute Gasteiger partial charge is 0.293 e. The predicted molar refractivity (Wildman–Crippen MR) is 209 cm³/mol. The van der Waals surface area contributed by atoms with Crippen LogP contribution in [0.25, 0.3) is 0 Å². The molecular formula is C45H82N+. The third-order valence-electron chi connectivity index (χ3n) is 10.1. The number of allylic oxidation sites excluding steroid dienone is 2. The molecule has 266 valence electrons. The first-order valence-electron chi connectivity index (χ1n) is 20.8. The number of quaternary nitrogens is 1. The summed E-state index contributed by atoms with van der Waals surface area (Å²) in [6.07, 6.45) is 52.3. The van der Waals surface area contributed by atoms with E-state index in [4.69, 9.17) is 0 Å². The van der Waals surface area contributed by atoms with E-state index in [2.05, 4.69) is 82.7 Å². The molecule has 0 saturated carbocycles. The number of nitrogens with zero attached hydrogens (tertiary/aromatic N) is 1. The zero-order chi connectivity index (χ0) is 33.2. The van der Waals surface area contributed by atoms with Gasteiger partial charge >= 0.3 is 0 Å². The molecule has 0 saturated heterocycles. The Morgan fingerprint density at radius 1 is 0.435 bits per heavy atom. The molecule has 0 spiro atoms. The van der Waals surface area contributed by atoms with Crippen LogP contribution >= 0.6 is 0 Å². The van der Waals surface area contributed by atoms with Crippen LogP contribution in [0.3, 0.4) is 0 Å². The topological polar surface area (TPSA) is 0 Å². The monoisotopic (exact) mass is 637 g/mol. The van der Waals surface area contributed by atoms with E-state index in [0.29, 0.717) is 6.04 Å². The lowest BCUT2D eigenvalue weighted by molar-refractivity contribution is -0.864. The second kappa shape index (κ2) is 32.2. The number of rotatable bonds is 34. The average Bonchev–Trinajstić information content (AvgIpc) is 3.06. The quantitative estimate of drug-likeness (QED) is 0.0401. The van der Waals surface area contributed by atoms with Crippen molar-refractivity contribution in [2.24, 2.45) is 0 Å². The lowest BCUT2D eigenvalue weighted by atomic mass is 10.0. The van der Waals surface area contributed by atoms with E-state index in [-0.39, 0.29) is 0 Å². The Morgan fingerprint density at radius 2 is 0.761 bits per heavy atom. The number of unbranched alkanes of at least 4 members (excludes halogenated alkanes) is 28. The molecule has 1 rings (SSSR count). The summed E-state index contributed by atoms with van der Waals surface area (Å²) in [7, 11) is 4.74. The fraction of sp³-hybridized carbons (Fsp3) is 0.778. The summed E-state index contributed by atoms with van der Waals surface area (Å²) in [6, 6.07) is 11.5. The van der Waals surface area contributed by atoms with E-state index in [0.717, 1.165) is 4.48 Å². The van der Waals surface area contributed by atoms with Gasteiger partial charge in [-0.25, -0.2) is 0 Å². The van der Waals surface area contributed by atoms with Crippen molar-refractivity contribution in [3.63, 3.8) is 0 Å². The lowest BCUT2D eigenvalue weighted by Crippen LogP contribution is -2.36. The number of likely N-dealkylation sites (N-methyl/N-ethyl adjacent to an activating group) is 1. The van der Waals surface area contributed by atoms with Crippen molar-refractivity contribution in [1.29, 1.82) is 0 Å². The molecule has 0 aliphatic rings. The molecule has 1 nitrogen and oxygen atoms in total. The van der Waals surface area contributed by atoms with E-state index < -0.39 is 0 Å². The van der Waals surface area contributed by atoms with Gasteiger partial charge in [-0.1, -0.05) is 217 Å². The van der Waals surface area contributed by atoms with Crippen molar-refractivity contribution < 1.29 is 4.48 Å². The van der Waals surface area contributed by atoms with Gasteiger partial charge in [0.25, 0.3) is 0 Å². The van der Waals surface area contributed by atoms with E-state index >= 15 is 0 Å². The fourth-order valence-corrected chi connectivity index (χ4v) is 6.94. The van der Waals surface area contributed by atoms with Gasteiger partial charge in [-0.15, -0.1) is 0 Å². The van der Waals surface area contributed by atoms with Gasteiger partial charge < -0.3 is 0 Å². The van der Waals surface area contributed by atoms with Gasteiger partial charge in [0.1, 0.15) is 6.04 Å². The molecule has 1 unspecified atom stereocenters. The Hall–Kier alpha value is -1.34. The third kappa shape index (κ3) is 25.7. The van der Waals surface area contributed by atoms with E-state index in [1.54, 1.807) is 0 Å². The highest BCUT2D eigenvalue weighted by atomic mass is 15.3. The van der Waals surface area contributed by atoms with Crippen LogP contribution in [0.4, 0.5) is 0 Å². The molecule has 0 N–H and O–H groups in total. The number of hydrogen-bond acceptors (Lipinski definition) is 0. The normalized spacial score (nSPS) is 13.0. The molecule has 0 aliphatic heterocycles. The van der Waals surface area contributed by atoms with E-state index in [1.807, 2.05) is 0 Å². The van der Waals surface area contributed by atoms with Crippen molar-refractivity contribution >= 4 is 0 Å². The Labute approximate surface area is 290 Å². The first-order valence-corrected chi connectivity index (χ1v) is 20.8. The maximum absolute atomic E-state index is 2.49. The van der Waals surface area contributed by atoms with Gasteiger partial charge in [-0.3, -0.25) is 4.48 Å². The van der Waals surface area contributed by atoms with E-state index in [9.17, 15) is 0 Å². The molecule has 0 aromatic heterocycles. The minimum absolute atomic E-state index is 0.375. The molecule has 0 bridgehead atoms. The van der Waals surface area contributed by atoms with Crippen molar-refractivity contribution in [2.45, 2.75) is 213 Å². The van der Waals surface area contributed by atoms with Gasteiger partial charge in [0.2, 0.25) is 0 Å². The third-order valence-corrected chi connectivity index (χ3v) is 10.1. The van der Waals surface area contributed by atoms with Crippen molar-refractivity contribution in [2.75, 3.05) is 14.1 Å². The highest BCUT2D eigenvalue weighted by Crippen LogP contribution is 2.28. The second-order valence-electron chi connectivity index (χ2n) is 15.1. The molecule has 0 radical (unpaired) electrons. The average molecular weight is 637 g/mol. The van der Waals surface area contributed by atoms with Gasteiger partial charge in [-0.2, -0.15) is 0 Å². The predicted octanol–water partition coefficient (Wildman–Crippen LogP) is 15.6. The summed E-state index contributed by atoms with van der Waals surface area (Å²) in [5.41, 5.74) is 1.42. The highest BCUT2D eigenvalue weighted by molar-refractivity contribution is 5.21. The Bertz CT molecular complexity index is 790. The number of benzene rings is 1. The maximum Gasteiger partial charge on any atom is 0.137 e. The summed E-state index contributed by atoms with van der Waals surface area (Å²) in [4.78, 5) is 0. The SMILES string of the molecule is CCCCCCCCCCCCCCCCC=CC(c1ccccc1)[N+](C)(C)C=CCCCCCCCCCCCCCCCC. The molecule has 0 fully saturated rings. The molecule has 1 heteroatoms. The second-order valence-corrected chi connectivity index (χ2v) is 15.1.